The summed E-state index contributed by atoms with van der Waals surface area (Å²) in [5, 5.41) is 5.70. The smallest absolute Gasteiger partial charge is 0.274 e. The summed E-state index contributed by atoms with van der Waals surface area (Å²) in [7, 11) is 0. The Morgan fingerprint density at radius 3 is 2.91 bits per heavy atom. The highest BCUT2D eigenvalue weighted by molar-refractivity contribution is 7.14. The largest absolute Gasteiger partial charge is 0.363 e. The molecule has 1 aliphatic heterocycles. The fourth-order valence-corrected chi connectivity index (χ4v) is 5.07. The van der Waals surface area contributed by atoms with E-state index in [0.29, 0.717) is 17.4 Å². The van der Waals surface area contributed by atoms with E-state index >= 15 is 0 Å². The van der Waals surface area contributed by atoms with Crippen molar-refractivity contribution in [2.45, 2.75) is 32.4 Å². The maximum Gasteiger partial charge on any atom is 0.274 e. The Bertz CT molecular complexity index is 1220. The van der Waals surface area contributed by atoms with Crippen molar-refractivity contribution in [1.29, 1.82) is 0 Å². The first-order chi connectivity index (χ1) is 15.7. The molecule has 3 aromatic heterocycles. The molecule has 32 heavy (non-hydrogen) atoms. The molecule has 162 valence electrons. The Labute approximate surface area is 191 Å². The number of anilines is 2. The molecule has 0 spiro atoms. The van der Waals surface area contributed by atoms with Crippen LogP contribution in [0.25, 0.3) is 0 Å². The van der Waals surface area contributed by atoms with Crippen molar-refractivity contribution in [3.8, 4) is 0 Å². The number of amides is 1. The third kappa shape index (κ3) is 4.29. The van der Waals surface area contributed by atoms with Crippen LogP contribution < -0.4 is 10.2 Å². The lowest BCUT2D eigenvalue weighted by molar-refractivity contribution is 0.101. The fraction of sp³-hybridized carbons (Fsp3) is 0.240. The Hall–Kier alpha value is -3.45. The first kappa shape index (κ1) is 20.5. The van der Waals surface area contributed by atoms with Crippen LogP contribution in [0.3, 0.4) is 0 Å². The van der Waals surface area contributed by atoms with Crippen LogP contribution in [0.1, 0.15) is 46.3 Å². The van der Waals surface area contributed by atoms with Gasteiger partial charge in [-0.1, -0.05) is 18.2 Å². The van der Waals surface area contributed by atoms with Crippen LogP contribution in [0.4, 0.5) is 10.8 Å². The average molecular weight is 444 g/mol. The number of benzene rings is 1. The van der Waals surface area contributed by atoms with E-state index in [2.05, 4.69) is 44.8 Å². The summed E-state index contributed by atoms with van der Waals surface area (Å²) in [6, 6.07) is 18.5. The third-order valence-corrected chi connectivity index (χ3v) is 6.58. The van der Waals surface area contributed by atoms with E-state index in [1.54, 1.807) is 6.20 Å². The lowest BCUT2D eigenvalue weighted by Gasteiger charge is -2.25. The number of hydrogen-bond acceptors (Lipinski definition) is 5. The quantitative estimate of drug-likeness (QED) is 0.440. The van der Waals surface area contributed by atoms with E-state index in [-0.39, 0.29) is 11.9 Å². The van der Waals surface area contributed by atoms with Crippen LogP contribution >= 0.6 is 11.3 Å². The number of hydrogen-bond donors (Lipinski definition) is 1. The molecule has 1 amide bonds. The summed E-state index contributed by atoms with van der Waals surface area (Å²) in [4.78, 5) is 24.4. The van der Waals surface area contributed by atoms with Gasteiger partial charge in [0.15, 0.2) is 5.13 Å². The molecule has 0 bridgehead atoms. The molecule has 1 saturated heterocycles. The van der Waals surface area contributed by atoms with Gasteiger partial charge in [0.25, 0.3) is 5.91 Å². The summed E-state index contributed by atoms with van der Waals surface area (Å²) in [6.07, 6.45) is 5.93. The van der Waals surface area contributed by atoms with Gasteiger partial charge in [-0.25, -0.2) is 4.98 Å². The van der Waals surface area contributed by atoms with E-state index in [9.17, 15) is 4.79 Å². The number of aromatic nitrogens is 3. The number of nitrogens with one attached hydrogen (secondary N) is 1. The van der Waals surface area contributed by atoms with Gasteiger partial charge in [-0.2, -0.15) is 0 Å². The second kappa shape index (κ2) is 8.96. The number of pyridine rings is 1. The van der Waals surface area contributed by atoms with Gasteiger partial charge in [0.05, 0.1) is 11.7 Å². The zero-order valence-corrected chi connectivity index (χ0v) is 18.8. The number of nitrogens with zero attached hydrogens (tertiary/aromatic N) is 4. The molecule has 1 fully saturated rings. The molecule has 7 heteroatoms. The first-order valence-electron chi connectivity index (χ1n) is 10.8. The van der Waals surface area contributed by atoms with Crippen LogP contribution in [-0.4, -0.2) is 27.0 Å². The number of aryl methyl sites for hydroxylation is 1. The van der Waals surface area contributed by atoms with Crippen molar-refractivity contribution in [3.05, 3.63) is 95.0 Å². The van der Waals surface area contributed by atoms with Crippen LogP contribution in [0.15, 0.2) is 72.4 Å². The molecule has 5 rings (SSSR count). The minimum atomic E-state index is -0.145. The summed E-state index contributed by atoms with van der Waals surface area (Å²) in [6.45, 7) is 3.61. The molecule has 1 aromatic carbocycles. The highest BCUT2D eigenvalue weighted by Crippen LogP contribution is 2.37. The number of para-hydroxylation sites is 1. The van der Waals surface area contributed by atoms with Crippen LogP contribution in [0.2, 0.25) is 0 Å². The molecule has 0 radical (unpaired) electrons. The van der Waals surface area contributed by atoms with Crippen LogP contribution in [0, 0.1) is 6.92 Å². The standard InChI is InChI=1S/C25H25N5OS/c1-18-15-19(11-12-26-18)16-29-13-5-10-23(29)24(31)28-25-27-21(17-32-25)22-9-6-14-30(22)20-7-3-2-4-8-20/h2-5,7-8,10-13,15,17,22H,6,9,14,16H2,1H3,(H,27,28,31)/t22-/m1/s1. The van der Waals surface area contributed by atoms with Gasteiger partial charge in [0.2, 0.25) is 0 Å². The van der Waals surface area contributed by atoms with Crippen molar-refractivity contribution in [1.82, 2.24) is 14.5 Å². The molecule has 4 heterocycles. The van der Waals surface area contributed by atoms with E-state index in [1.165, 1.54) is 17.0 Å². The van der Waals surface area contributed by atoms with Crippen molar-refractivity contribution < 1.29 is 4.79 Å². The van der Waals surface area contributed by atoms with Gasteiger partial charge >= 0.3 is 0 Å². The van der Waals surface area contributed by atoms with Gasteiger partial charge < -0.3 is 9.47 Å². The molecular formula is C25H25N5OS. The monoisotopic (exact) mass is 443 g/mol. The lowest BCUT2D eigenvalue weighted by atomic mass is 10.1. The minimum Gasteiger partial charge on any atom is -0.363 e. The Morgan fingerprint density at radius 1 is 1.19 bits per heavy atom. The topological polar surface area (TPSA) is 63.1 Å². The number of rotatable bonds is 6. The maximum absolute atomic E-state index is 13.0. The van der Waals surface area contributed by atoms with Gasteiger partial charge in [-0.3, -0.25) is 15.1 Å². The SMILES string of the molecule is Cc1cc(Cn2cccc2C(=O)Nc2nc([C@H]3CCCN3c3ccccc3)cs2)ccn1. The molecule has 1 aliphatic rings. The predicted octanol–water partition coefficient (Wildman–Crippen LogP) is 5.29. The number of carbonyl (C=O) groups is 1. The average Bonchev–Trinajstić information content (AvgIpc) is 3.55. The van der Waals surface area contributed by atoms with Crippen LogP contribution in [-0.2, 0) is 6.54 Å². The van der Waals surface area contributed by atoms with Crippen LogP contribution in [0.5, 0.6) is 0 Å². The summed E-state index contributed by atoms with van der Waals surface area (Å²) in [5.74, 6) is -0.145. The zero-order chi connectivity index (χ0) is 21.9. The second-order valence-corrected chi connectivity index (χ2v) is 8.90. The minimum absolute atomic E-state index is 0.145. The lowest BCUT2D eigenvalue weighted by Crippen LogP contribution is -2.22. The molecule has 6 nitrogen and oxygen atoms in total. The van der Waals surface area contributed by atoms with Crippen molar-refractivity contribution in [2.75, 3.05) is 16.8 Å². The highest BCUT2D eigenvalue weighted by Gasteiger charge is 2.28. The molecule has 4 aromatic rings. The number of carbonyl (C=O) groups excluding carboxylic acids is 1. The molecule has 0 saturated carbocycles. The normalized spacial score (nSPS) is 15.8. The van der Waals surface area contributed by atoms with Crippen molar-refractivity contribution in [2.24, 2.45) is 0 Å². The third-order valence-electron chi connectivity index (χ3n) is 5.80. The summed E-state index contributed by atoms with van der Waals surface area (Å²) in [5.41, 5.74) is 4.93. The Kier molecular flexibility index (Phi) is 5.73. The first-order valence-corrected chi connectivity index (χ1v) is 11.7. The zero-order valence-electron chi connectivity index (χ0n) is 17.9. The molecule has 0 unspecified atom stereocenters. The molecular weight excluding hydrogens is 418 g/mol. The summed E-state index contributed by atoms with van der Waals surface area (Å²) < 4.78 is 1.95. The van der Waals surface area contributed by atoms with Gasteiger partial charge in [0.1, 0.15) is 5.69 Å². The highest BCUT2D eigenvalue weighted by atomic mass is 32.1. The Balaban J connectivity index is 1.29. The van der Waals surface area contributed by atoms with E-state index in [1.807, 2.05) is 48.0 Å². The molecule has 0 aliphatic carbocycles. The second-order valence-electron chi connectivity index (χ2n) is 8.05. The van der Waals surface area contributed by atoms with Gasteiger partial charge in [0, 0.05) is 42.2 Å². The summed E-state index contributed by atoms with van der Waals surface area (Å²) >= 11 is 1.48. The molecule has 1 N–H and O–H groups in total. The fourth-order valence-electron chi connectivity index (χ4n) is 4.32. The van der Waals surface area contributed by atoms with E-state index in [4.69, 9.17) is 4.98 Å². The van der Waals surface area contributed by atoms with Crippen molar-refractivity contribution >= 4 is 28.1 Å². The van der Waals surface area contributed by atoms with Gasteiger partial charge in [-0.05, 0) is 61.7 Å². The number of thiazole rings is 1. The van der Waals surface area contributed by atoms with Crippen molar-refractivity contribution in [3.63, 3.8) is 0 Å². The molecule has 1 atom stereocenters. The van der Waals surface area contributed by atoms with E-state index < -0.39 is 0 Å². The Morgan fingerprint density at radius 2 is 2.06 bits per heavy atom. The van der Waals surface area contributed by atoms with Gasteiger partial charge in [-0.15, -0.1) is 11.3 Å². The maximum atomic E-state index is 13.0. The predicted molar refractivity (Wildman–Crippen MR) is 128 cm³/mol. The van der Waals surface area contributed by atoms with E-state index in [0.717, 1.165) is 36.3 Å².